The second-order valence-corrected chi connectivity index (χ2v) is 16.0. The zero-order chi connectivity index (χ0) is 47.0. The van der Waals surface area contributed by atoms with E-state index in [2.05, 4.69) is 111 Å². The Labute approximate surface area is 388 Å². The van der Waals surface area contributed by atoms with Gasteiger partial charge in [-0.3, -0.25) is 9.59 Å². The summed E-state index contributed by atoms with van der Waals surface area (Å²) >= 11 is 0. The SMILES string of the molecule is CC/C=C/C=C/C=C/C=C/C=C/C=C/CCCCCC(=O)OCC(COCCC(C(=O)[O-])[N+](C)(C)C)OC(=O)CCC/C=C/C/C=C/C/C=C/C/C=C/C/C=C/C/C=C/C/C=C/CC. The lowest BCUT2D eigenvalue weighted by Gasteiger charge is -2.34. The molecule has 0 spiro atoms. The van der Waals surface area contributed by atoms with Gasteiger partial charge < -0.3 is 28.6 Å². The lowest BCUT2D eigenvalue weighted by Crippen LogP contribution is -2.55. The maximum absolute atomic E-state index is 12.7. The number of quaternary nitrogens is 1. The van der Waals surface area contributed by atoms with Gasteiger partial charge in [0.1, 0.15) is 12.6 Å². The highest BCUT2D eigenvalue weighted by Crippen LogP contribution is 2.10. The van der Waals surface area contributed by atoms with Gasteiger partial charge in [-0.1, -0.05) is 178 Å². The van der Waals surface area contributed by atoms with Crippen molar-refractivity contribution in [1.82, 2.24) is 0 Å². The van der Waals surface area contributed by atoms with Crippen molar-refractivity contribution >= 4 is 17.9 Å². The molecule has 8 nitrogen and oxygen atoms in total. The predicted molar refractivity (Wildman–Crippen MR) is 267 cm³/mol. The number of unbranched alkanes of at least 4 members (excludes halogenated alkanes) is 4. The van der Waals surface area contributed by atoms with Crippen molar-refractivity contribution in [2.24, 2.45) is 0 Å². The molecule has 0 saturated heterocycles. The van der Waals surface area contributed by atoms with Crippen molar-refractivity contribution in [3.8, 4) is 0 Å². The zero-order valence-electron chi connectivity index (χ0n) is 40.1. The lowest BCUT2D eigenvalue weighted by atomic mass is 10.1. The third-order valence-corrected chi connectivity index (χ3v) is 9.32. The van der Waals surface area contributed by atoms with Crippen molar-refractivity contribution in [2.75, 3.05) is 41.0 Å². The second-order valence-electron chi connectivity index (χ2n) is 16.0. The van der Waals surface area contributed by atoms with Crippen LogP contribution in [0, 0.1) is 0 Å². The molecule has 0 rings (SSSR count). The molecule has 8 heteroatoms. The van der Waals surface area contributed by atoms with Crippen molar-refractivity contribution in [2.45, 2.75) is 135 Å². The molecule has 0 aromatic carbocycles. The van der Waals surface area contributed by atoms with E-state index >= 15 is 0 Å². The standard InChI is InChI=1S/C56H83NO7/c1-6-8-10-12-14-16-18-20-22-24-25-26-27-28-29-31-33-35-37-39-41-43-45-47-55(59)64-52(50-62-49-48-53(56(60)61)57(3,4)5)51-63-54(58)46-44-42-40-38-36-34-32-30-23-21-19-17-15-13-11-9-7-2/h8-11,13-17,19-23,25-26,28-30,32-36,39,41,52-53H,6-7,12,18,24,27,31,37-38,40,42-51H2,1-5H3/b10-8+,11-9+,15-13+,16-14+,19-17+,22-20+,23-21+,26-25+,29-28+,32-30+,35-33+,36-34+,41-39+. The van der Waals surface area contributed by atoms with Gasteiger partial charge in [-0.2, -0.15) is 0 Å². The van der Waals surface area contributed by atoms with Crippen LogP contribution in [0.25, 0.3) is 0 Å². The lowest BCUT2D eigenvalue weighted by molar-refractivity contribution is -0.889. The molecule has 0 bridgehead atoms. The number of carbonyl (C=O) groups is 3. The number of carboxylic acids is 1. The van der Waals surface area contributed by atoms with Crippen LogP contribution in [-0.2, 0) is 28.6 Å². The molecule has 64 heavy (non-hydrogen) atoms. The highest BCUT2D eigenvalue weighted by molar-refractivity contribution is 5.70. The number of hydrogen-bond donors (Lipinski definition) is 0. The number of carbonyl (C=O) groups excluding carboxylic acids is 3. The van der Waals surface area contributed by atoms with E-state index in [1.54, 1.807) is 21.1 Å². The molecule has 0 aromatic rings. The van der Waals surface area contributed by atoms with Crippen molar-refractivity contribution in [3.63, 3.8) is 0 Å². The minimum absolute atomic E-state index is 0.0106. The minimum Gasteiger partial charge on any atom is -0.544 e. The largest absolute Gasteiger partial charge is 0.544 e. The Morgan fingerprint density at radius 2 is 0.922 bits per heavy atom. The van der Waals surface area contributed by atoms with Crippen LogP contribution in [-0.4, -0.2) is 75.5 Å². The first-order chi connectivity index (χ1) is 31.1. The van der Waals surface area contributed by atoms with E-state index in [0.29, 0.717) is 12.8 Å². The van der Waals surface area contributed by atoms with Gasteiger partial charge in [0.05, 0.1) is 40.3 Å². The Morgan fingerprint density at radius 3 is 1.41 bits per heavy atom. The summed E-state index contributed by atoms with van der Waals surface area (Å²) in [5.41, 5.74) is 0. The van der Waals surface area contributed by atoms with Crippen LogP contribution in [0.4, 0.5) is 0 Å². The summed E-state index contributed by atoms with van der Waals surface area (Å²) in [4.78, 5) is 36.9. The number of esters is 2. The Kier molecular flexibility index (Phi) is 41.0. The smallest absolute Gasteiger partial charge is 0.306 e. The number of hydrogen-bond acceptors (Lipinski definition) is 7. The highest BCUT2D eigenvalue weighted by atomic mass is 16.6. The highest BCUT2D eigenvalue weighted by Gasteiger charge is 2.25. The fourth-order valence-electron chi connectivity index (χ4n) is 5.74. The Bertz CT molecular complexity index is 1590. The van der Waals surface area contributed by atoms with Crippen LogP contribution >= 0.6 is 0 Å². The maximum atomic E-state index is 12.7. The van der Waals surface area contributed by atoms with Gasteiger partial charge in [0.2, 0.25) is 0 Å². The van der Waals surface area contributed by atoms with E-state index in [9.17, 15) is 19.5 Å². The first-order valence-electron chi connectivity index (χ1n) is 23.6. The van der Waals surface area contributed by atoms with Gasteiger partial charge in [-0.15, -0.1) is 0 Å². The summed E-state index contributed by atoms with van der Waals surface area (Å²) in [6.07, 6.45) is 67.1. The number of rotatable bonds is 39. The van der Waals surface area contributed by atoms with Gasteiger partial charge in [0, 0.05) is 19.3 Å². The third-order valence-electron chi connectivity index (χ3n) is 9.32. The number of allylic oxidation sites excluding steroid dienone is 26. The molecule has 0 amide bonds. The predicted octanol–water partition coefficient (Wildman–Crippen LogP) is 12.2. The second kappa shape index (κ2) is 44.6. The average molecular weight is 882 g/mol. The van der Waals surface area contributed by atoms with Crippen molar-refractivity contribution in [1.29, 1.82) is 0 Å². The van der Waals surface area contributed by atoms with E-state index in [1.807, 2.05) is 60.8 Å². The number of likely N-dealkylation sites (N-methyl/N-ethyl adjacent to an activating group) is 1. The van der Waals surface area contributed by atoms with Crippen LogP contribution < -0.4 is 5.11 Å². The van der Waals surface area contributed by atoms with Crippen LogP contribution in [0.2, 0.25) is 0 Å². The van der Waals surface area contributed by atoms with E-state index in [1.165, 1.54) is 0 Å². The quantitative estimate of drug-likeness (QED) is 0.0199. The van der Waals surface area contributed by atoms with Gasteiger partial charge in [0.15, 0.2) is 6.10 Å². The summed E-state index contributed by atoms with van der Waals surface area (Å²) in [6.45, 7) is 4.25. The van der Waals surface area contributed by atoms with E-state index < -0.39 is 24.1 Å². The molecular formula is C56H83NO7. The Morgan fingerprint density at radius 1 is 0.484 bits per heavy atom. The average Bonchev–Trinajstić information content (AvgIpc) is 3.26. The summed E-state index contributed by atoms with van der Waals surface area (Å²) in [5.74, 6) is -1.90. The van der Waals surface area contributed by atoms with E-state index in [4.69, 9.17) is 14.2 Å². The Hall–Kier alpha value is -5.05. The third kappa shape index (κ3) is 42.3. The molecule has 0 saturated carbocycles. The molecule has 0 fully saturated rings. The number of nitrogens with zero attached hydrogens (tertiary/aromatic N) is 1. The fourth-order valence-corrected chi connectivity index (χ4v) is 5.74. The maximum Gasteiger partial charge on any atom is 0.306 e. The normalized spacial score (nSPS) is 14.3. The van der Waals surface area contributed by atoms with E-state index in [0.717, 1.165) is 77.0 Å². The van der Waals surface area contributed by atoms with Gasteiger partial charge in [-0.05, 0) is 83.5 Å². The molecule has 0 heterocycles. The van der Waals surface area contributed by atoms with Crippen LogP contribution in [0.15, 0.2) is 158 Å². The zero-order valence-corrected chi connectivity index (χ0v) is 40.1. The molecule has 0 N–H and O–H groups in total. The monoisotopic (exact) mass is 882 g/mol. The number of aliphatic carboxylic acids is 1. The van der Waals surface area contributed by atoms with Gasteiger partial charge in [-0.25, -0.2) is 0 Å². The molecule has 0 radical (unpaired) electrons. The molecule has 0 aliphatic carbocycles. The summed E-state index contributed by atoms with van der Waals surface area (Å²) in [7, 11) is 5.35. The molecule has 0 aliphatic rings. The molecule has 354 valence electrons. The number of ether oxygens (including phenoxy) is 3. The number of carboxylic acid groups (broad SMARTS) is 1. The molecule has 2 unspecified atom stereocenters. The van der Waals surface area contributed by atoms with Gasteiger partial charge in [0.25, 0.3) is 0 Å². The van der Waals surface area contributed by atoms with Crippen LogP contribution in [0.5, 0.6) is 0 Å². The molecule has 0 aliphatic heterocycles. The molecule has 2 atom stereocenters. The van der Waals surface area contributed by atoms with Gasteiger partial charge >= 0.3 is 11.9 Å². The van der Waals surface area contributed by atoms with Crippen LogP contribution in [0.3, 0.4) is 0 Å². The van der Waals surface area contributed by atoms with Crippen molar-refractivity contribution in [3.05, 3.63) is 158 Å². The topological polar surface area (TPSA) is 102 Å². The summed E-state index contributed by atoms with van der Waals surface area (Å²) < 4.78 is 17.1. The Balaban J connectivity index is 4.54. The van der Waals surface area contributed by atoms with E-state index in [-0.39, 0.29) is 49.5 Å². The molecule has 0 aromatic heterocycles. The first-order valence-corrected chi connectivity index (χ1v) is 23.6. The van der Waals surface area contributed by atoms with Crippen molar-refractivity contribution < 1.29 is 38.2 Å². The summed E-state index contributed by atoms with van der Waals surface area (Å²) in [5, 5.41) is 11.6. The first kappa shape index (κ1) is 58.9. The molecular weight excluding hydrogens is 799 g/mol. The summed E-state index contributed by atoms with van der Waals surface area (Å²) in [6, 6.07) is -0.756. The minimum atomic E-state index is -1.15. The fraction of sp³-hybridized carbons (Fsp3) is 0.482. The van der Waals surface area contributed by atoms with Crippen LogP contribution in [0.1, 0.15) is 123 Å².